The Balaban J connectivity index is 1.70. The first-order chi connectivity index (χ1) is 10.8. The summed E-state index contributed by atoms with van der Waals surface area (Å²) in [6.07, 6.45) is 0. The lowest BCUT2D eigenvalue weighted by Crippen LogP contribution is -2.81. The van der Waals surface area contributed by atoms with E-state index in [9.17, 15) is 4.79 Å². The third-order valence-electron chi connectivity index (χ3n) is 5.11. The average Bonchev–Trinajstić information content (AvgIpc) is 2.44. The van der Waals surface area contributed by atoms with Crippen LogP contribution in [0.15, 0.2) is 0 Å². The van der Waals surface area contributed by atoms with Gasteiger partial charge in [0.25, 0.3) is 0 Å². The number of amides is 1. The molecule has 0 saturated carbocycles. The lowest BCUT2D eigenvalue weighted by atomic mass is 9.81. The second-order valence-electron chi connectivity index (χ2n) is 8.56. The first kappa shape index (κ1) is 17.1. The van der Waals surface area contributed by atoms with Crippen molar-refractivity contribution in [2.24, 2.45) is 5.41 Å². The predicted octanol–water partition coefficient (Wildman–Crippen LogP) is 0.276. The van der Waals surface area contributed by atoms with Crippen LogP contribution >= 0.6 is 0 Å². The van der Waals surface area contributed by atoms with E-state index in [2.05, 4.69) is 30.6 Å². The van der Waals surface area contributed by atoms with Crippen LogP contribution in [0.25, 0.3) is 0 Å². The van der Waals surface area contributed by atoms with Crippen LogP contribution in [0.4, 0.5) is 0 Å². The maximum Gasteiger partial charge on any atom is 0.248 e. The second-order valence-corrected chi connectivity index (χ2v) is 8.56. The minimum Gasteiger partial charge on any atom is -0.378 e. The SMILES string of the molecule is COCC(=O)N1CC2COCCN2C2(CN(CC(C)(C)C)C2)C1. The van der Waals surface area contributed by atoms with Gasteiger partial charge >= 0.3 is 0 Å². The molecule has 3 rings (SSSR count). The van der Waals surface area contributed by atoms with Gasteiger partial charge in [-0.15, -0.1) is 0 Å². The Kier molecular flexibility index (Phi) is 4.71. The van der Waals surface area contributed by atoms with Crippen molar-refractivity contribution in [2.45, 2.75) is 32.4 Å². The fourth-order valence-electron chi connectivity index (χ4n) is 4.45. The number of likely N-dealkylation sites (tertiary alicyclic amines) is 1. The third-order valence-corrected chi connectivity index (χ3v) is 5.11. The maximum atomic E-state index is 12.3. The molecule has 0 aromatic heterocycles. The van der Waals surface area contributed by atoms with Gasteiger partial charge in [0.1, 0.15) is 6.61 Å². The minimum atomic E-state index is 0.103. The summed E-state index contributed by atoms with van der Waals surface area (Å²) in [5.74, 6) is 0.103. The Labute approximate surface area is 139 Å². The number of methoxy groups -OCH3 is 1. The van der Waals surface area contributed by atoms with Crippen LogP contribution in [0.3, 0.4) is 0 Å². The molecule has 0 bridgehead atoms. The number of hydrogen-bond acceptors (Lipinski definition) is 5. The van der Waals surface area contributed by atoms with Crippen molar-refractivity contribution in [1.82, 2.24) is 14.7 Å². The number of nitrogens with zero attached hydrogens (tertiary/aromatic N) is 3. The minimum absolute atomic E-state index is 0.103. The molecule has 3 heterocycles. The fraction of sp³-hybridized carbons (Fsp3) is 0.941. The Bertz CT molecular complexity index is 443. The van der Waals surface area contributed by atoms with Crippen molar-refractivity contribution in [3.63, 3.8) is 0 Å². The zero-order valence-corrected chi connectivity index (χ0v) is 15.0. The van der Waals surface area contributed by atoms with Gasteiger partial charge in [0, 0.05) is 46.4 Å². The number of carbonyl (C=O) groups is 1. The Hall–Kier alpha value is -0.690. The molecule has 1 unspecified atom stereocenters. The van der Waals surface area contributed by atoms with Gasteiger partial charge in [-0.1, -0.05) is 20.8 Å². The number of morpholine rings is 1. The molecule has 3 fully saturated rings. The van der Waals surface area contributed by atoms with Crippen LogP contribution in [0.5, 0.6) is 0 Å². The van der Waals surface area contributed by atoms with Gasteiger partial charge < -0.3 is 14.4 Å². The summed E-state index contributed by atoms with van der Waals surface area (Å²) < 4.78 is 10.7. The molecule has 0 aromatic rings. The summed E-state index contributed by atoms with van der Waals surface area (Å²) in [6.45, 7) is 14.4. The van der Waals surface area contributed by atoms with Crippen molar-refractivity contribution < 1.29 is 14.3 Å². The van der Waals surface area contributed by atoms with E-state index in [-0.39, 0.29) is 18.1 Å². The highest BCUT2D eigenvalue weighted by molar-refractivity contribution is 5.77. The van der Waals surface area contributed by atoms with E-state index in [4.69, 9.17) is 9.47 Å². The van der Waals surface area contributed by atoms with Crippen LogP contribution in [-0.4, -0.2) is 98.4 Å². The molecule has 1 amide bonds. The summed E-state index contributed by atoms with van der Waals surface area (Å²) in [6, 6.07) is 0.329. The fourth-order valence-corrected chi connectivity index (χ4v) is 4.45. The van der Waals surface area contributed by atoms with Gasteiger partial charge in [-0.3, -0.25) is 14.6 Å². The molecule has 3 saturated heterocycles. The van der Waals surface area contributed by atoms with Crippen molar-refractivity contribution in [1.29, 1.82) is 0 Å². The normalized spacial score (nSPS) is 28.5. The highest BCUT2D eigenvalue weighted by Crippen LogP contribution is 2.37. The quantitative estimate of drug-likeness (QED) is 0.746. The molecule has 6 heteroatoms. The van der Waals surface area contributed by atoms with E-state index in [1.54, 1.807) is 7.11 Å². The zero-order valence-electron chi connectivity index (χ0n) is 15.0. The van der Waals surface area contributed by atoms with Crippen LogP contribution in [0.1, 0.15) is 20.8 Å². The van der Waals surface area contributed by atoms with Crippen LogP contribution in [0.2, 0.25) is 0 Å². The molecule has 3 aliphatic heterocycles. The molecule has 1 spiro atoms. The topological polar surface area (TPSA) is 45.2 Å². The smallest absolute Gasteiger partial charge is 0.248 e. The molecule has 0 radical (unpaired) electrons. The number of ether oxygens (including phenoxy) is 2. The van der Waals surface area contributed by atoms with Crippen LogP contribution < -0.4 is 0 Å². The van der Waals surface area contributed by atoms with Crippen molar-refractivity contribution >= 4 is 5.91 Å². The number of fused-ring (bicyclic) bond motifs is 2. The maximum absolute atomic E-state index is 12.3. The lowest BCUT2D eigenvalue weighted by molar-refractivity contribution is -0.178. The molecule has 132 valence electrons. The van der Waals surface area contributed by atoms with E-state index >= 15 is 0 Å². The molecular formula is C17H31N3O3. The predicted molar refractivity (Wildman–Crippen MR) is 88.4 cm³/mol. The van der Waals surface area contributed by atoms with Crippen molar-refractivity contribution in [2.75, 3.05) is 66.2 Å². The lowest BCUT2D eigenvalue weighted by Gasteiger charge is -2.64. The first-order valence-corrected chi connectivity index (χ1v) is 8.67. The number of rotatable bonds is 3. The summed E-state index contributed by atoms with van der Waals surface area (Å²) in [7, 11) is 1.59. The van der Waals surface area contributed by atoms with Gasteiger partial charge in [0.05, 0.1) is 24.8 Å². The Morgan fingerprint density at radius 1 is 1.30 bits per heavy atom. The molecule has 1 atom stereocenters. The highest BCUT2D eigenvalue weighted by atomic mass is 16.5. The molecule has 0 aliphatic carbocycles. The van der Waals surface area contributed by atoms with Crippen LogP contribution in [-0.2, 0) is 14.3 Å². The van der Waals surface area contributed by atoms with Gasteiger partial charge in [0.2, 0.25) is 5.91 Å². The summed E-state index contributed by atoms with van der Waals surface area (Å²) in [4.78, 5) is 19.5. The first-order valence-electron chi connectivity index (χ1n) is 8.67. The molecule has 0 aromatic carbocycles. The van der Waals surface area contributed by atoms with E-state index < -0.39 is 0 Å². The van der Waals surface area contributed by atoms with E-state index in [0.29, 0.717) is 11.5 Å². The van der Waals surface area contributed by atoms with E-state index in [0.717, 1.165) is 52.5 Å². The number of carbonyl (C=O) groups excluding carboxylic acids is 1. The van der Waals surface area contributed by atoms with E-state index in [1.165, 1.54) is 0 Å². The van der Waals surface area contributed by atoms with E-state index in [1.807, 2.05) is 4.90 Å². The standard InChI is InChI=1S/C17H31N3O3/c1-16(2,3)10-18-11-17(12-18)13-19(15(21)9-22-4)7-14-8-23-6-5-20(14)17/h14H,5-13H2,1-4H3. The summed E-state index contributed by atoms with van der Waals surface area (Å²) in [5, 5.41) is 0. The third kappa shape index (κ3) is 3.55. The van der Waals surface area contributed by atoms with Gasteiger partial charge in [-0.25, -0.2) is 0 Å². The Morgan fingerprint density at radius 3 is 2.70 bits per heavy atom. The average molecular weight is 325 g/mol. The monoisotopic (exact) mass is 325 g/mol. The number of hydrogen-bond donors (Lipinski definition) is 0. The molecule has 23 heavy (non-hydrogen) atoms. The molecular weight excluding hydrogens is 294 g/mol. The van der Waals surface area contributed by atoms with Crippen molar-refractivity contribution in [3.8, 4) is 0 Å². The largest absolute Gasteiger partial charge is 0.378 e. The van der Waals surface area contributed by atoms with Crippen LogP contribution in [0, 0.1) is 5.41 Å². The van der Waals surface area contributed by atoms with Gasteiger partial charge in [-0.05, 0) is 5.41 Å². The summed E-state index contributed by atoms with van der Waals surface area (Å²) >= 11 is 0. The molecule has 6 nitrogen and oxygen atoms in total. The summed E-state index contributed by atoms with van der Waals surface area (Å²) in [5.41, 5.74) is 0.424. The second kappa shape index (κ2) is 6.31. The number of piperazine rings is 1. The zero-order chi connectivity index (χ0) is 16.7. The van der Waals surface area contributed by atoms with Crippen molar-refractivity contribution in [3.05, 3.63) is 0 Å². The Morgan fingerprint density at radius 2 is 2.04 bits per heavy atom. The highest BCUT2D eigenvalue weighted by Gasteiger charge is 2.54. The van der Waals surface area contributed by atoms with Gasteiger partial charge in [0.15, 0.2) is 0 Å². The molecule has 3 aliphatic rings. The molecule has 0 N–H and O–H groups in total. The van der Waals surface area contributed by atoms with Gasteiger partial charge in [-0.2, -0.15) is 0 Å².